The van der Waals surface area contributed by atoms with E-state index in [2.05, 4.69) is 20.5 Å². The quantitative estimate of drug-likeness (QED) is 0.259. The van der Waals surface area contributed by atoms with Crippen molar-refractivity contribution in [3.63, 3.8) is 0 Å². The number of benzene rings is 3. The van der Waals surface area contributed by atoms with Crippen LogP contribution in [0.2, 0.25) is 0 Å². The minimum absolute atomic E-state index is 0.181. The van der Waals surface area contributed by atoms with Gasteiger partial charge in [0.1, 0.15) is 23.4 Å². The van der Waals surface area contributed by atoms with Gasteiger partial charge in [-0.2, -0.15) is 5.10 Å². The van der Waals surface area contributed by atoms with Crippen LogP contribution in [0.1, 0.15) is 52.2 Å². The van der Waals surface area contributed by atoms with Crippen molar-refractivity contribution in [2.75, 3.05) is 18.6 Å². The van der Waals surface area contributed by atoms with Crippen molar-refractivity contribution in [3.8, 4) is 17.1 Å². The van der Waals surface area contributed by atoms with Crippen LogP contribution in [0.4, 0.5) is 10.5 Å². The molecule has 0 unspecified atom stereocenters. The van der Waals surface area contributed by atoms with Crippen LogP contribution < -0.4 is 20.6 Å². The summed E-state index contributed by atoms with van der Waals surface area (Å²) in [5.74, 6) is 0.333. The molecule has 2 atom stereocenters. The summed E-state index contributed by atoms with van der Waals surface area (Å²) >= 11 is 0. The third-order valence-corrected chi connectivity index (χ3v) is 7.99. The molecule has 0 fully saturated rings. The first-order valence-corrected chi connectivity index (χ1v) is 15.3. The second-order valence-corrected chi connectivity index (χ2v) is 12.4. The minimum Gasteiger partial charge on any atom is -0.494 e. The number of hydrogen-bond donors (Lipinski definition) is 3. The number of likely N-dealkylation sites (N-methyl/N-ethyl adjacent to an activating group) is 1. The Kier molecular flexibility index (Phi) is 9.17. The van der Waals surface area contributed by atoms with Crippen LogP contribution in [0.5, 0.6) is 5.75 Å². The summed E-state index contributed by atoms with van der Waals surface area (Å²) < 4.78 is 11.5. The normalized spacial score (nSPS) is 15.6. The maximum Gasteiger partial charge on any atom is 0.410 e. The second-order valence-electron chi connectivity index (χ2n) is 12.4. The number of ether oxygens (including phenoxy) is 2. The van der Waals surface area contributed by atoms with Crippen molar-refractivity contribution in [1.29, 1.82) is 0 Å². The lowest BCUT2D eigenvalue weighted by Gasteiger charge is -2.30. The van der Waals surface area contributed by atoms with Crippen molar-refractivity contribution in [3.05, 3.63) is 76.2 Å². The summed E-state index contributed by atoms with van der Waals surface area (Å²) in [5, 5.41) is 11.1. The van der Waals surface area contributed by atoms with Gasteiger partial charge in [0.15, 0.2) is 5.82 Å². The van der Waals surface area contributed by atoms with E-state index in [1.54, 1.807) is 32.6 Å². The van der Waals surface area contributed by atoms with E-state index in [9.17, 15) is 19.2 Å². The number of nitrogens with zero attached hydrogens (tertiary/aromatic N) is 3. The van der Waals surface area contributed by atoms with E-state index in [1.807, 2.05) is 61.5 Å². The van der Waals surface area contributed by atoms with E-state index < -0.39 is 35.4 Å². The Hall–Kier alpha value is -5.13. The van der Waals surface area contributed by atoms with E-state index in [4.69, 9.17) is 9.47 Å². The smallest absolute Gasteiger partial charge is 0.410 e. The summed E-state index contributed by atoms with van der Waals surface area (Å²) in [6.07, 6.45) is 0.330. The summed E-state index contributed by atoms with van der Waals surface area (Å²) in [6, 6.07) is 15.5. The molecule has 4 aromatic rings. The number of para-hydroxylation sites is 1. The predicted octanol–water partition coefficient (Wildman–Crippen LogP) is 4.54. The Balaban J connectivity index is 1.48. The van der Waals surface area contributed by atoms with Crippen LogP contribution >= 0.6 is 0 Å². The Morgan fingerprint density at radius 3 is 2.59 bits per heavy atom. The van der Waals surface area contributed by atoms with Crippen molar-refractivity contribution >= 4 is 34.4 Å². The number of fused-ring (bicyclic) bond motifs is 2. The predicted molar refractivity (Wildman–Crippen MR) is 175 cm³/mol. The van der Waals surface area contributed by atoms with Gasteiger partial charge in [-0.3, -0.25) is 19.5 Å². The van der Waals surface area contributed by atoms with Gasteiger partial charge >= 0.3 is 11.8 Å². The molecule has 5 rings (SSSR count). The van der Waals surface area contributed by atoms with Gasteiger partial charge in [-0.1, -0.05) is 36.4 Å². The van der Waals surface area contributed by atoms with E-state index >= 15 is 0 Å². The lowest BCUT2D eigenvalue weighted by atomic mass is 9.99. The minimum atomic E-state index is -0.872. The molecular formula is C34H40N6O6. The molecule has 1 aliphatic rings. The lowest BCUT2D eigenvalue weighted by molar-refractivity contribution is -0.130. The molecule has 2 heterocycles. The number of carbonyl (C=O) groups is 3. The molecule has 1 aromatic heterocycles. The molecule has 12 nitrogen and oxygen atoms in total. The summed E-state index contributed by atoms with van der Waals surface area (Å²) in [6.45, 7) is 9.38. The van der Waals surface area contributed by atoms with Gasteiger partial charge in [0.25, 0.3) is 0 Å². The summed E-state index contributed by atoms with van der Waals surface area (Å²) in [7, 11) is 1.50. The molecule has 0 radical (unpaired) electrons. The Morgan fingerprint density at radius 1 is 1.13 bits per heavy atom. The van der Waals surface area contributed by atoms with E-state index in [0.717, 1.165) is 33.2 Å². The first-order chi connectivity index (χ1) is 21.9. The zero-order valence-electron chi connectivity index (χ0n) is 27.0. The highest BCUT2D eigenvalue weighted by molar-refractivity contribution is 6.02. The van der Waals surface area contributed by atoms with Gasteiger partial charge in [0.2, 0.25) is 11.8 Å². The molecule has 1 aliphatic heterocycles. The molecule has 3 N–H and O–H groups in total. The average molecular weight is 629 g/mol. The highest BCUT2D eigenvalue weighted by atomic mass is 16.6. The fraction of sp³-hybridized carbons (Fsp3) is 0.382. The maximum absolute atomic E-state index is 14.3. The molecule has 3 amide bonds. The van der Waals surface area contributed by atoms with Crippen LogP contribution in [-0.2, 0) is 27.3 Å². The van der Waals surface area contributed by atoms with Crippen molar-refractivity contribution in [2.24, 2.45) is 0 Å². The van der Waals surface area contributed by atoms with Gasteiger partial charge < -0.3 is 19.7 Å². The number of H-pyrrole nitrogens is 2. The lowest BCUT2D eigenvalue weighted by Crippen LogP contribution is -2.54. The fourth-order valence-electron chi connectivity index (χ4n) is 5.51. The maximum atomic E-state index is 14.3. The zero-order chi connectivity index (χ0) is 33.2. The van der Waals surface area contributed by atoms with Gasteiger partial charge in [-0.15, -0.1) is 0 Å². The number of amides is 3. The molecule has 0 saturated heterocycles. The van der Waals surface area contributed by atoms with E-state index in [-0.39, 0.29) is 12.5 Å². The standard InChI is InChI=1S/C34H40N6O6/c1-7-45-28-17-14-22-18-23(29-36-32(43)38-37-29)12-15-24(22)25(28)19-40-27-11-9-8-10-21(27)13-16-26(31(40)42)35-30(41)20(2)39(6)33(44)46-34(3,4)5/h8-12,14-15,17-18,20,26H,7,13,16,19H2,1-6H3,(H,35,41)(H2,36,37,38,43)/t20-,26-/m0/s1. The first-order valence-electron chi connectivity index (χ1n) is 15.3. The molecule has 3 aromatic carbocycles. The average Bonchev–Trinajstić information content (AvgIpc) is 3.41. The van der Waals surface area contributed by atoms with Crippen LogP contribution in [-0.4, -0.2) is 69.3 Å². The van der Waals surface area contributed by atoms with Crippen molar-refractivity contribution in [2.45, 2.75) is 71.7 Å². The van der Waals surface area contributed by atoms with E-state index in [1.165, 1.54) is 11.9 Å². The topological polar surface area (TPSA) is 150 Å². The fourth-order valence-corrected chi connectivity index (χ4v) is 5.51. The summed E-state index contributed by atoms with van der Waals surface area (Å²) in [4.78, 5) is 57.6. The molecule has 0 bridgehead atoms. The number of carbonyl (C=O) groups excluding carboxylic acids is 3. The molecule has 0 saturated carbocycles. The van der Waals surface area contributed by atoms with Crippen LogP contribution in [0.15, 0.2) is 59.4 Å². The second kappa shape index (κ2) is 13.1. The number of nitrogens with one attached hydrogen (secondary N) is 3. The highest BCUT2D eigenvalue weighted by Gasteiger charge is 2.35. The first kappa shape index (κ1) is 32.3. The Bertz CT molecular complexity index is 1820. The molecule has 12 heteroatoms. The monoisotopic (exact) mass is 628 g/mol. The molecule has 242 valence electrons. The Labute approximate surface area is 267 Å². The number of aromatic amines is 2. The van der Waals surface area contributed by atoms with Gasteiger partial charge in [0.05, 0.1) is 13.2 Å². The largest absolute Gasteiger partial charge is 0.494 e. The molecular weight excluding hydrogens is 588 g/mol. The third kappa shape index (κ3) is 6.90. The summed E-state index contributed by atoms with van der Waals surface area (Å²) in [5.41, 5.74) is 2.16. The zero-order valence-corrected chi connectivity index (χ0v) is 27.0. The number of anilines is 1. The van der Waals surface area contributed by atoms with Crippen molar-refractivity contribution in [1.82, 2.24) is 25.4 Å². The number of rotatable bonds is 8. The number of aromatic nitrogens is 3. The number of aryl methyl sites for hydroxylation is 1. The SMILES string of the molecule is CCOc1ccc2cc(-c3n[nH]c(=O)[nH]3)ccc2c1CN1C(=O)[C@@H](NC(=O)[C@H](C)N(C)C(=O)OC(C)(C)C)CCc2ccccc21. The Morgan fingerprint density at radius 2 is 1.89 bits per heavy atom. The van der Waals surface area contributed by atoms with Crippen LogP contribution in [0.3, 0.4) is 0 Å². The van der Waals surface area contributed by atoms with E-state index in [0.29, 0.717) is 31.0 Å². The molecule has 0 spiro atoms. The molecule has 0 aliphatic carbocycles. The third-order valence-electron chi connectivity index (χ3n) is 7.99. The van der Waals surface area contributed by atoms with Crippen LogP contribution in [0, 0.1) is 0 Å². The van der Waals surface area contributed by atoms with Gasteiger partial charge in [-0.05, 0) is 82.0 Å². The molecule has 46 heavy (non-hydrogen) atoms. The number of hydrogen-bond acceptors (Lipinski definition) is 7. The van der Waals surface area contributed by atoms with Crippen molar-refractivity contribution < 1.29 is 23.9 Å². The van der Waals surface area contributed by atoms with Gasteiger partial charge in [0, 0.05) is 23.9 Å². The van der Waals surface area contributed by atoms with Crippen LogP contribution in [0.25, 0.3) is 22.2 Å². The highest BCUT2D eigenvalue weighted by Crippen LogP contribution is 2.35. The van der Waals surface area contributed by atoms with Gasteiger partial charge in [-0.25, -0.2) is 14.7 Å².